The first-order chi connectivity index (χ1) is 11.2. The second-order valence-corrected chi connectivity index (χ2v) is 6.17. The summed E-state index contributed by atoms with van der Waals surface area (Å²) >= 11 is 0. The molecule has 0 heterocycles. The number of carbonyl (C=O) groups is 1. The lowest BCUT2D eigenvalue weighted by Crippen LogP contribution is -2.16. The van der Waals surface area contributed by atoms with Crippen molar-refractivity contribution in [2.24, 2.45) is 0 Å². The van der Waals surface area contributed by atoms with Gasteiger partial charge in [-0.2, -0.15) is 0 Å². The third kappa shape index (κ3) is 3.86. The average molecular weight is 330 g/mol. The Morgan fingerprint density at radius 2 is 1.67 bits per heavy atom. The van der Waals surface area contributed by atoms with Crippen LogP contribution in [0, 0.1) is 20.8 Å². The fraction of sp³-hybridized carbons (Fsp3) is 0.316. The van der Waals surface area contributed by atoms with Crippen LogP contribution >= 0.6 is 0 Å². The summed E-state index contributed by atoms with van der Waals surface area (Å²) in [6.45, 7) is 7.20. The standard InChI is InChI=1S/C19H22O5/c1-10-5-11(2)18(12(3)6-10)24-19(23)17-14(7-13(4)20)8-15(21)9-16(17)22/h5-6,8-9,13,20-22H,7H2,1-4H3/t13-/m0/s1. The van der Waals surface area contributed by atoms with Gasteiger partial charge in [-0.15, -0.1) is 0 Å². The molecule has 0 aromatic heterocycles. The van der Waals surface area contributed by atoms with Crippen molar-refractivity contribution in [1.82, 2.24) is 0 Å². The fourth-order valence-corrected chi connectivity index (χ4v) is 2.86. The highest BCUT2D eigenvalue weighted by Crippen LogP contribution is 2.31. The molecule has 0 radical (unpaired) electrons. The molecule has 0 aliphatic carbocycles. The monoisotopic (exact) mass is 330 g/mol. The van der Waals surface area contributed by atoms with Crippen LogP contribution in [0.2, 0.25) is 0 Å². The van der Waals surface area contributed by atoms with Crippen LogP contribution in [0.4, 0.5) is 0 Å². The molecule has 3 N–H and O–H groups in total. The number of esters is 1. The third-order valence-corrected chi connectivity index (χ3v) is 3.70. The Morgan fingerprint density at radius 3 is 2.21 bits per heavy atom. The third-order valence-electron chi connectivity index (χ3n) is 3.70. The molecule has 0 spiro atoms. The summed E-state index contributed by atoms with van der Waals surface area (Å²) in [6, 6.07) is 6.24. The highest BCUT2D eigenvalue weighted by atomic mass is 16.5. The van der Waals surface area contributed by atoms with E-state index >= 15 is 0 Å². The number of benzene rings is 2. The maximum Gasteiger partial charge on any atom is 0.347 e. The second kappa shape index (κ2) is 6.93. The van der Waals surface area contributed by atoms with Crippen molar-refractivity contribution >= 4 is 5.97 Å². The van der Waals surface area contributed by atoms with Crippen LogP contribution in [0.15, 0.2) is 24.3 Å². The van der Waals surface area contributed by atoms with E-state index in [1.54, 1.807) is 6.92 Å². The van der Waals surface area contributed by atoms with E-state index in [0.29, 0.717) is 11.3 Å². The fourth-order valence-electron chi connectivity index (χ4n) is 2.86. The molecule has 0 saturated carbocycles. The van der Waals surface area contributed by atoms with Crippen LogP contribution in [-0.2, 0) is 6.42 Å². The van der Waals surface area contributed by atoms with Crippen LogP contribution in [-0.4, -0.2) is 27.4 Å². The maximum atomic E-state index is 12.6. The molecule has 0 aliphatic heterocycles. The maximum absolute atomic E-state index is 12.6. The molecule has 0 fully saturated rings. The zero-order chi connectivity index (χ0) is 18.0. The number of phenols is 2. The zero-order valence-corrected chi connectivity index (χ0v) is 14.3. The van der Waals surface area contributed by atoms with Crippen molar-refractivity contribution in [2.75, 3.05) is 0 Å². The minimum atomic E-state index is -0.736. The summed E-state index contributed by atoms with van der Waals surface area (Å²) in [6.07, 6.45) is -0.626. The molecule has 0 unspecified atom stereocenters. The summed E-state index contributed by atoms with van der Waals surface area (Å²) in [7, 11) is 0. The second-order valence-electron chi connectivity index (χ2n) is 6.17. The smallest absolute Gasteiger partial charge is 0.347 e. The molecule has 24 heavy (non-hydrogen) atoms. The number of carbonyl (C=O) groups excluding carboxylic acids is 1. The van der Waals surface area contributed by atoms with Gasteiger partial charge in [-0.05, 0) is 56.9 Å². The number of hydrogen-bond donors (Lipinski definition) is 3. The lowest BCUT2D eigenvalue weighted by molar-refractivity contribution is 0.0727. The molecule has 2 aromatic carbocycles. The van der Waals surface area contributed by atoms with Gasteiger partial charge in [0.25, 0.3) is 0 Å². The molecule has 0 bridgehead atoms. The predicted octanol–water partition coefficient (Wildman–Crippen LogP) is 3.17. The number of aliphatic hydroxyl groups is 1. The SMILES string of the molecule is Cc1cc(C)c(OC(=O)c2c(O)cc(O)cc2C[C@H](C)O)c(C)c1. The van der Waals surface area contributed by atoms with E-state index in [2.05, 4.69) is 0 Å². The minimum Gasteiger partial charge on any atom is -0.508 e. The number of aromatic hydroxyl groups is 2. The van der Waals surface area contributed by atoms with E-state index in [-0.39, 0.29) is 23.5 Å². The normalized spacial score (nSPS) is 12.0. The summed E-state index contributed by atoms with van der Waals surface area (Å²) in [5.41, 5.74) is 2.97. The van der Waals surface area contributed by atoms with Crippen molar-refractivity contribution in [3.05, 3.63) is 52.1 Å². The molecule has 5 heteroatoms. The van der Waals surface area contributed by atoms with Crippen molar-refractivity contribution in [3.63, 3.8) is 0 Å². The van der Waals surface area contributed by atoms with Crippen molar-refractivity contribution < 1.29 is 24.9 Å². The van der Waals surface area contributed by atoms with Crippen molar-refractivity contribution in [2.45, 2.75) is 40.2 Å². The Balaban J connectivity index is 2.44. The van der Waals surface area contributed by atoms with Gasteiger partial charge >= 0.3 is 5.97 Å². The van der Waals surface area contributed by atoms with Gasteiger partial charge in [-0.25, -0.2) is 4.79 Å². The average Bonchev–Trinajstić information content (AvgIpc) is 2.41. The number of aliphatic hydroxyl groups excluding tert-OH is 1. The molecule has 0 aliphatic rings. The zero-order valence-electron chi connectivity index (χ0n) is 14.3. The van der Waals surface area contributed by atoms with Crippen molar-refractivity contribution in [1.29, 1.82) is 0 Å². The Kier molecular flexibility index (Phi) is 5.14. The van der Waals surface area contributed by atoms with Crippen LogP contribution in [0.3, 0.4) is 0 Å². The highest BCUT2D eigenvalue weighted by molar-refractivity contribution is 5.96. The summed E-state index contributed by atoms with van der Waals surface area (Å²) in [5, 5.41) is 29.3. The number of hydrogen-bond acceptors (Lipinski definition) is 5. The quantitative estimate of drug-likeness (QED) is 0.592. The highest BCUT2D eigenvalue weighted by Gasteiger charge is 2.22. The van der Waals surface area contributed by atoms with E-state index in [1.807, 2.05) is 32.9 Å². The first-order valence-corrected chi connectivity index (χ1v) is 7.72. The number of phenolic OH excluding ortho intramolecular Hbond substituents is 2. The van der Waals surface area contributed by atoms with Gasteiger partial charge in [0.05, 0.1) is 6.10 Å². The van der Waals surface area contributed by atoms with Gasteiger partial charge in [0.15, 0.2) is 0 Å². The Morgan fingerprint density at radius 1 is 1.08 bits per heavy atom. The lowest BCUT2D eigenvalue weighted by Gasteiger charge is -2.15. The molecule has 2 rings (SSSR count). The van der Waals surface area contributed by atoms with E-state index in [0.717, 1.165) is 22.8 Å². The van der Waals surface area contributed by atoms with Gasteiger partial charge in [0.1, 0.15) is 22.8 Å². The topological polar surface area (TPSA) is 87.0 Å². The number of ether oxygens (including phenoxy) is 1. The first kappa shape index (κ1) is 17.8. The minimum absolute atomic E-state index is 0.0481. The van der Waals surface area contributed by atoms with Crippen LogP contribution < -0.4 is 4.74 Å². The van der Waals surface area contributed by atoms with Gasteiger partial charge in [-0.3, -0.25) is 0 Å². The summed E-state index contributed by atoms with van der Waals surface area (Å²) < 4.78 is 5.50. The Bertz CT molecular complexity index is 755. The molecular weight excluding hydrogens is 308 g/mol. The molecule has 128 valence electrons. The van der Waals surface area contributed by atoms with Crippen molar-refractivity contribution in [3.8, 4) is 17.2 Å². The van der Waals surface area contributed by atoms with Gasteiger partial charge in [-0.1, -0.05) is 17.7 Å². The Labute approximate surface area is 141 Å². The lowest BCUT2D eigenvalue weighted by atomic mass is 10.0. The molecule has 5 nitrogen and oxygen atoms in total. The summed E-state index contributed by atoms with van der Waals surface area (Å²) in [4.78, 5) is 12.6. The largest absolute Gasteiger partial charge is 0.508 e. The van der Waals surface area contributed by atoms with E-state index in [9.17, 15) is 20.1 Å². The summed E-state index contributed by atoms with van der Waals surface area (Å²) in [5.74, 6) is -0.834. The van der Waals surface area contributed by atoms with E-state index in [4.69, 9.17) is 4.74 Å². The van der Waals surface area contributed by atoms with E-state index < -0.39 is 12.1 Å². The van der Waals surface area contributed by atoms with Crippen LogP contribution in [0.5, 0.6) is 17.2 Å². The predicted molar refractivity (Wildman–Crippen MR) is 90.8 cm³/mol. The Hall–Kier alpha value is -2.53. The van der Waals surface area contributed by atoms with Gasteiger partial charge in [0.2, 0.25) is 0 Å². The van der Waals surface area contributed by atoms with E-state index in [1.165, 1.54) is 6.07 Å². The van der Waals surface area contributed by atoms with Crippen LogP contribution in [0.1, 0.15) is 39.5 Å². The van der Waals surface area contributed by atoms with Gasteiger partial charge in [0, 0.05) is 6.07 Å². The number of rotatable bonds is 4. The molecular formula is C19H22O5. The van der Waals surface area contributed by atoms with Crippen LogP contribution in [0.25, 0.3) is 0 Å². The molecule has 0 saturated heterocycles. The molecule has 0 amide bonds. The van der Waals surface area contributed by atoms with Gasteiger partial charge < -0.3 is 20.1 Å². The number of aryl methyl sites for hydroxylation is 3. The molecule has 1 atom stereocenters. The first-order valence-electron chi connectivity index (χ1n) is 7.72. The molecule has 2 aromatic rings.